The number of Topliss-reactive ketones (excluding diaryl/α,β-unsaturated/α-hetero) is 1. The van der Waals surface area contributed by atoms with Gasteiger partial charge in [-0.3, -0.25) is 4.79 Å². The molecule has 1 unspecified atom stereocenters. The zero-order valence-electron chi connectivity index (χ0n) is 12.7. The topological polar surface area (TPSA) is 42.9 Å². The van der Waals surface area contributed by atoms with Crippen molar-refractivity contribution in [3.63, 3.8) is 0 Å². The monoisotopic (exact) mass is 374 g/mol. The third-order valence-electron chi connectivity index (χ3n) is 2.95. The number of hydrogen-bond donors (Lipinski definition) is 0. The first kappa shape index (κ1) is 18.4. The lowest BCUT2D eigenvalue weighted by Crippen LogP contribution is -2.15. The van der Waals surface area contributed by atoms with E-state index in [4.69, 9.17) is 0 Å². The molecule has 0 fully saturated rings. The second-order valence-corrected chi connectivity index (χ2v) is 8.69. The van der Waals surface area contributed by atoms with E-state index in [2.05, 4.69) is 17.1 Å². The van der Waals surface area contributed by atoms with Gasteiger partial charge in [-0.2, -0.15) is 0 Å². The Morgan fingerprint density at radius 2 is 2.04 bits per heavy atom. The predicted octanol–water partition coefficient (Wildman–Crippen LogP) is 5.07. The summed E-state index contributed by atoms with van der Waals surface area (Å²) in [5, 5.41) is 7.61. The zero-order valence-corrected chi connectivity index (χ0v) is 15.2. The van der Waals surface area contributed by atoms with Crippen LogP contribution in [-0.4, -0.2) is 27.0 Å². The smallest absolute Gasteiger partial charge is 0.178 e. The van der Waals surface area contributed by atoms with Crippen molar-refractivity contribution in [3.05, 3.63) is 35.4 Å². The zero-order chi connectivity index (χ0) is 16.8. The van der Waals surface area contributed by atoms with Crippen molar-refractivity contribution in [3.8, 4) is 0 Å². The fraction of sp³-hybridized carbons (Fsp3) is 0.400. The highest BCUT2D eigenvalue weighted by Gasteiger charge is 2.21. The van der Waals surface area contributed by atoms with Crippen LogP contribution in [0.1, 0.15) is 37.0 Å². The van der Waals surface area contributed by atoms with Gasteiger partial charge in [-0.15, -0.1) is 10.2 Å². The molecule has 0 N–H and O–H groups in total. The summed E-state index contributed by atoms with van der Waals surface area (Å²) in [5.41, 5.74) is -0.103. The molecule has 124 valence electrons. The number of hydrogen-bond acceptors (Lipinski definition) is 6. The first-order valence-corrected chi connectivity index (χ1v) is 9.81. The minimum absolute atomic E-state index is 0.103. The molecule has 1 aromatic carbocycles. The van der Waals surface area contributed by atoms with Gasteiger partial charge in [0.1, 0.15) is 11.6 Å². The number of aromatic nitrogens is 2. The van der Waals surface area contributed by atoms with Crippen LogP contribution in [0.2, 0.25) is 0 Å². The number of rotatable bonds is 8. The third-order valence-corrected chi connectivity index (χ3v) is 6.28. The number of benzene rings is 1. The van der Waals surface area contributed by atoms with Gasteiger partial charge in [0.05, 0.1) is 10.8 Å². The third kappa shape index (κ3) is 5.26. The molecule has 1 heterocycles. The summed E-state index contributed by atoms with van der Waals surface area (Å²) in [5.74, 6) is -0.930. The molecule has 2 rings (SSSR count). The van der Waals surface area contributed by atoms with Crippen molar-refractivity contribution < 1.29 is 13.6 Å². The Bertz CT molecular complexity index is 678. The number of thioether (sulfide) groups is 2. The van der Waals surface area contributed by atoms with Crippen molar-refractivity contribution in [2.45, 2.75) is 40.6 Å². The van der Waals surface area contributed by atoms with Crippen molar-refractivity contribution >= 4 is 40.6 Å². The lowest BCUT2D eigenvalue weighted by molar-refractivity contribution is 0.0990. The predicted molar refractivity (Wildman–Crippen MR) is 91.5 cm³/mol. The minimum atomic E-state index is -0.837. The Balaban J connectivity index is 1.98. The first-order chi connectivity index (χ1) is 11.0. The molecule has 1 atom stereocenters. The van der Waals surface area contributed by atoms with E-state index >= 15 is 0 Å². The van der Waals surface area contributed by atoms with E-state index in [0.717, 1.165) is 35.1 Å². The summed E-state index contributed by atoms with van der Waals surface area (Å²) >= 11 is 4.32. The number of carbonyl (C=O) groups is 1. The van der Waals surface area contributed by atoms with Crippen LogP contribution in [0.5, 0.6) is 0 Å². The molecule has 3 nitrogen and oxygen atoms in total. The fourth-order valence-electron chi connectivity index (χ4n) is 1.72. The molecule has 0 aliphatic rings. The van der Waals surface area contributed by atoms with Crippen molar-refractivity contribution in [2.75, 3.05) is 5.75 Å². The van der Waals surface area contributed by atoms with Gasteiger partial charge in [0.2, 0.25) is 0 Å². The molecule has 0 amide bonds. The highest BCUT2D eigenvalue weighted by Crippen LogP contribution is 2.32. The highest BCUT2D eigenvalue weighted by molar-refractivity contribution is 8.03. The summed E-state index contributed by atoms with van der Waals surface area (Å²) in [6.07, 6.45) is 2.24. The summed E-state index contributed by atoms with van der Waals surface area (Å²) < 4.78 is 28.1. The maximum atomic E-state index is 13.7. The van der Waals surface area contributed by atoms with Crippen LogP contribution in [0.3, 0.4) is 0 Å². The van der Waals surface area contributed by atoms with E-state index in [-0.39, 0.29) is 11.3 Å². The van der Waals surface area contributed by atoms with E-state index in [0.29, 0.717) is 4.34 Å². The molecule has 0 radical (unpaired) electrons. The van der Waals surface area contributed by atoms with Gasteiger partial charge < -0.3 is 0 Å². The normalized spacial score (nSPS) is 12.3. The van der Waals surface area contributed by atoms with Gasteiger partial charge in [-0.25, -0.2) is 8.78 Å². The van der Waals surface area contributed by atoms with Crippen molar-refractivity contribution in [1.29, 1.82) is 0 Å². The van der Waals surface area contributed by atoms with Crippen LogP contribution in [0, 0.1) is 11.6 Å². The van der Waals surface area contributed by atoms with E-state index in [1.807, 2.05) is 0 Å². The lowest BCUT2D eigenvalue weighted by atomic mass is 10.1. The van der Waals surface area contributed by atoms with Crippen LogP contribution < -0.4 is 0 Å². The molecule has 0 spiro atoms. The van der Waals surface area contributed by atoms with Gasteiger partial charge >= 0.3 is 0 Å². The second-order valence-electron chi connectivity index (χ2n) is 4.78. The first-order valence-electron chi connectivity index (χ1n) is 7.13. The molecule has 0 saturated heterocycles. The van der Waals surface area contributed by atoms with Gasteiger partial charge in [-0.05, 0) is 25.5 Å². The Morgan fingerprint density at radius 3 is 2.74 bits per heavy atom. The highest BCUT2D eigenvalue weighted by atomic mass is 32.2. The largest absolute Gasteiger partial charge is 0.293 e. The lowest BCUT2D eigenvalue weighted by Gasteiger charge is -2.08. The Kier molecular flexibility index (Phi) is 6.98. The SMILES string of the molecule is CCCCSc1nnc(SC(C)C(=O)c2ccc(F)cc2F)s1. The summed E-state index contributed by atoms with van der Waals surface area (Å²) in [6, 6.07) is 2.98. The molecular formula is C15H16F2N2OS3. The van der Waals surface area contributed by atoms with Gasteiger partial charge in [0.25, 0.3) is 0 Å². The minimum Gasteiger partial charge on any atom is -0.293 e. The van der Waals surface area contributed by atoms with Crippen molar-refractivity contribution in [1.82, 2.24) is 10.2 Å². The van der Waals surface area contributed by atoms with Crippen LogP contribution in [-0.2, 0) is 0 Å². The molecule has 0 aliphatic carbocycles. The standard InChI is InChI=1S/C15H16F2N2OS3/c1-3-4-7-21-14-18-19-15(23-14)22-9(2)13(20)11-6-5-10(16)8-12(11)17/h5-6,8-9H,3-4,7H2,1-2H3. The van der Waals surface area contributed by atoms with E-state index in [1.54, 1.807) is 18.7 Å². The summed E-state index contributed by atoms with van der Waals surface area (Å²) in [4.78, 5) is 12.3. The van der Waals surface area contributed by atoms with Gasteiger partial charge in [0, 0.05) is 11.8 Å². The van der Waals surface area contributed by atoms with Gasteiger partial charge in [0.15, 0.2) is 14.5 Å². The van der Waals surface area contributed by atoms with Crippen LogP contribution in [0.15, 0.2) is 26.9 Å². The maximum absolute atomic E-state index is 13.7. The average Bonchev–Trinajstić information content (AvgIpc) is 2.94. The summed E-state index contributed by atoms with van der Waals surface area (Å²) in [7, 11) is 0. The quantitative estimate of drug-likeness (QED) is 0.366. The van der Waals surface area contributed by atoms with Gasteiger partial charge in [-0.1, -0.05) is 48.2 Å². The van der Waals surface area contributed by atoms with Crippen molar-refractivity contribution in [2.24, 2.45) is 0 Å². The van der Waals surface area contributed by atoms with Crippen LogP contribution in [0.25, 0.3) is 0 Å². The second kappa shape index (κ2) is 8.75. The maximum Gasteiger partial charge on any atom is 0.178 e. The number of halogens is 2. The Morgan fingerprint density at radius 1 is 1.30 bits per heavy atom. The average molecular weight is 375 g/mol. The molecule has 1 aromatic heterocycles. The molecule has 0 aliphatic heterocycles. The van der Waals surface area contributed by atoms with Crippen LogP contribution in [0.4, 0.5) is 8.78 Å². The Labute approximate surface area is 146 Å². The van der Waals surface area contributed by atoms with E-state index < -0.39 is 16.9 Å². The Hall–Kier alpha value is -0.990. The molecule has 23 heavy (non-hydrogen) atoms. The molecular weight excluding hydrogens is 358 g/mol. The van der Waals surface area contributed by atoms with E-state index in [9.17, 15) is 13.6 Å². The molecule has 0 saturated carbocycles. The molecule has 8 heteroatoms. The fourth-order valence-corrected chi connectivity index (χ4v) is 5.11. The number of unbranched alkanes of at least 4 members (excludes halogenated alkanes) is 1. The number of nitrogens with zero attached hydrogens (tertiary/aromatic N) is 2. The summed E-state index contributed by atoms with van der Waals surface area (Å²) in [6.45, 7) is 3.81. The van der Waals surface area contributed by atoms with E-state index in [1.165, 1.54) is 29.2 Å². The molecule has 2 aromatic rings. The number of ketones is 1. The van der Waals surface area contributed by atoms with Crippen LogP contribution >= 0.6 is 34.9 Å². The molecule has 0 bridgehead atoms. The number of carbonyl (C=O) groups excluding carboxylic acids is 1.